The minimum atomic E-state index is -1.33. The summed E-state index contributed by atoms with van der Waals surface area (Å²) >= 11 is -1.33. The summed E-state index contributed by atoms with van der Waals surface area (Å²) in [5.74, 6) is 0. The van der Waals surface area contributed by atoms with Crippen LogP contribution in [0.3, 0.4) is 0 Å². The van der Waals surface area contributed by atoms with Crippen LogP contribution in [0, 0.1) is 0 Å². The fraction of sp³-hybridized carbons (Fsp3) is 0.545. The number of nitrogens with zero attached hydrogens (tertiary/aromatic N) is 2. The summed E-state index contributed by atoms with van der Waals surface area (Å²) in [5.41, 5.74) is 0. The molecule has 1 heterocycles. The first-order valence-electron chi connectivity index (χ1n) is 5.46. The SMILES string of the molecule is C=Cn1cc[n+](CCCCCC)c1.[Br-].[Cl][Fe]([Cl])[Cl]. The Bertz CT molecular complexity index is 305. The summed E-state index contributed by atoms with van der Waals surface area (Å²) in [5, 5.41) is 0. The molecule has 0 amide bonds. The summed E-state index contributed by atoms with van der Waals surface area (Å²) in [4.78, 5) is 0. The van der Waals surface area contributed by atoms with Gasteiger partial charge in [-0.15, -0.1) is 0 Å². The molecule has 0 spiro atoms. The van der Waals surface area contributed by atoms with E-state index < -0.39 is 11.2 Å². The average Bonchev–Trinajstić information content (AvgIpc) is 2.71. The molecule has 0 aliphatic heterocycles. The quantitative estimate of drug-likeness (QED) is 0.374. The number of unbranched alkanes of at least 4 members (excludes halogenated alkanes) is 3. The van der Waals surface area contributed by atoms with Gasteiger partial charge in [0.15, 0.2) is 0 Å². The van der Waals surface area contributed by atoms with Gasteiger partial charge in [-0.25, -0.2) is 9.13 Å². The van der Waals surface area contributed by atoms with Gasteiger partial charge in [-0.2, -0.15) is 0 Å². The van der Waals surface area contributed by atoms with Gasteiger partial charge in [0.05, 0.1) is 12.7 Å². The molecule has 0 fully saturated rings. The summed E-state index contributed by atoms with van der Waals surface area (Å²) in [6.45, 7) is 7.07. The second kappa shape index (κ2) is 14.2. The Morgan fingerprint density at radius 2 is 1.89 bits per heavy atom. The first kappa shape index (κ1) is 21.1. The van der Waals surface area contributed by atoms with Crippen molar-refractivity contribution < 1.29 is 32.7 Å². The summed E-state index contributed by atoms with van der Waals surface area (Å²) in [6.07, 6.45) is 13.3. The monoisotopic (exact) mass is 419 g/mol. The van der Waals surface area contributed by atoms with Crippen LogP contribution in [-0.4, -0.2) is 4.57 Å². The predicted octanol–water partition coefficient (Wildman–Crippen LogP) is 1.53. The van der Waals surface area contributed by atoms with Crippen LogP contribution in [0.2, 0.25) is 0 Å². The minimum absolute atomic E-state index is 0. The second-order valence-corrected chi connectivity index (χ2v) is 8.96. The van der Waals surface area contributed by atoms with E-state index in [0.717, 1.165) is 6.54 Å². The Morgan fingerprint density at radius 3 is 2.33 bits per heavy atom. The van der Waals surface area contributed by atoms with Crippen LogP contribution in [-0.2, 0) is 17.7 Å². The van der Waals surface area contributed by atoms with Crippen LogP contribution in [0.1, 0.15) is 32.6 Å². The van der Waals surface area contributed by atoms with Gasteiger partial charge in [-0.1, -0.05) is 26.3 Å². The van der Waals surface area contributed by atoms with Gasteiger partial charge in [0.1, 0.15) is 12.4 Å². The normalized spacial score (nSPS) is 9.89. The van der Waals surface area contributed by atoms with Gasteiger partial charge in [0.2, 0.25) is 6.33 Å². The van der Waals surface area contributed by atoms with Gasteiger partial charge in [-0.3, -0.25) is 0 Å². The standard InChI is InChI=1S/C11H19N2.BrH.3ClH.Fe/c1-3-5-6-7-8-13-10-9-12(4-2)11-13;;;;;/h4,9-11H,2-3,5-8H2,1H3;4*1H;/q+1;;;;;+3/p-4. The fourth-order valence-corrected chi connectivity index (χ4v) is 1.37. The van der Waals surface area contributed by atoms with Crippen molar-refractivity contribution in [2.75, 3.05) is 0 Å². The molecule has 0 unspecified atom stereocenters. The molecule has 1 aromatic heterocycles. The number of aromatic nitrogens is 2. The third-order valence-electron chi connectivity index (χ3n) is 2.19. The van der Waals surface area contributed by atoms with Crippen molar-refractivity contribution in [1.82, 2.24) is 4.57 Å². The van der Waals surface area contributed by atoms with Crippen molar-refractivity contribution in [3.05, 3.63) is 25.3 Å². The molecule has 0 aliphatic rings. The van der Waals surface area contributed by atoms with Crippen molar-refractivity contribution in [2.24, 2.45) is 0 Å². The van der Waals surface area contributed by atoms with E-state index in [1.54, 1.807) is 0 Å². The Morgan fingerprint density at radius 1 is 1.28 bits per heavy atom. The van der Waals surface area contributed by atoms with E-state index in [1.807, 2.05) is 17.0 Å². The van der Waals surface area contributed by atoms with Crippen LogP contribution in [0.5, 0.6) is 0 Å². The Hall–Kier alpha value is 0.819. The van der Waals surface area contributed by atoms with Gasteiger partial charge < -0.3 is 17.0 Å². The Kier molecular flexibility index (Phi) is 16.7. The maximum atomic E-state index is 4.89. The van der Waals surface area contributed by atoms with Crippen molar-refractivity contribution in [1.29, 1.82) is 0 Å². The van der Waals surface area contributed by atoms with Crippen molar-refractivity contribution >= 4 is 36.5 Å². The van der Waals surface area contributed by atoms with E-state index in [4.69, 9.17) is 30.3 Å². The molecule has 7 heteroatoms. The molecule has 0 radical (unpaired) electrons. The molecule has 0 aromatic carbocycles. The van der Waals surface area contributed by atoms with Crippen LogP contribution in [0.15, 0.2) is 25.3 Å². The zero-order valence-electron chi connectivity index (χ0n) is 10.3. The van der Waals surface area contributed by atoms with E-state index >= 15 is 0 Å². The molecule has 1 rings (SSSR count). The van der Waals surface area contributed by atoms with Crippen molar-refractivity contribution in [2.45, 2.75) is 39.2 Å². The molecule has 0 bridgehead atoms. The van der Waals surface area contributed by atoms with Gasteiger partial charge in [0.25, 0.3) is 0 Å². The van der Waals surface area contributed by atoms with E-state index in [9.17, 15) is 0 Å². The molecule has 0 saturated carbocycles. The molecule has 18 heavy (non-hydrogen) atoms. The van der Waals surface area contributed by atoms with Gasteiger partial charge >= 0.3 is 41.5 Å². The summed E-state index contributed by atoms with van der Waals surface area (Å²) < 4.78 is 4.18. The van der Waals surface area contributed by atoms with Gasteiger partial charge in [-0.05, 0) is 12.8 Å². The average molecular weight is 421 g/mol. The number of aryl methyl sites for hydroxylation is 1. The third-order valence-corrected chi connectivity index (χ3v) is 2.19. The molecule has 1 aromatic rings. The Balaban J connectivity index is 0. The summed E-state index contributed by atoms with van der Waals surface area (Å²) in [7, 11) is 14.7. The van der Waals surface area contributed by atoms with Crippen molar-refractivity contribution in [3.8, 4) is 0 Å². The predicted molar refractivity (Wildman–Crippen MR) is 72.7 cm³/mol. The van der Waals surface area contributed by atoms with E-state index in [1.165, 1.54) is 25.7 Å². The third kappa shape index (κ3) is 13.3. The molecule has 0 saturated heterocycles. The zero-order chi connectivity index (χ0) is 13.1. The van der Waals surface area contributed by atoms with Gasteiger partial charge in [0, 0.05) is 0 Å². The Labute approximate surface area is 137 Å². The first-order valence-corrected chi connectivity index (χ1v) is 10.0. The molecule has 0 N–H and O–H groups in total. The molecule has 109 valence electrons. The number of rotatable bonds is 6. The molecule has 0 atom stereocenters. The van der Waals surface area contributed by atoms with Crippen LogP contribution < -0.4 is 21.5 Å². The molecular weight excluding hydrogens is 402 g/mol. The van der Waals surface area contributed by atoms with Crippen LogP contribution in [0.4, 0.5) is 0 Å². The number of hydrogen-bond donors (Lipinski definition) is 0. The number of imidazole rings is 1. The topological polar surface area (TPSA) is 8.81 Å². The fourth-order valence-electron chi connectivity index (χ4n) is 1.37. The second-order valence-electron chi connectivity index (χ2n) is 3.49. The van der Waals surface area contributed by atoms with E-state index in [2.05, 4.69) is 30.6 Å². The number of hydrogen-bond acceptors (Lipinski definition) is 0. The number of halogens is 4. The summed E-state index contributed by atoms with van der Waals surface area (Å²) in [6, 6.07) is 0. The van der Waals surface area contributed by atoms with Crippen LogP contribution in [0.25, 0.3) is 6.20 Å². The molecule has 0 aliphatic carbocycles. The van der Waals surface area contributed by atoms with E-state index in [0.29, 0.717) is 0 Å². The van der Waals surface area contributed by atoms with Crippen LogP contribution >= 0.6 is 30.3 Å². The molecular formula is C11H19BrCl3FeN2. The first-order chi connectivity index (χ1) is 8.10. The zero-order valence-corrected chi connectivity index (χ0v) is 15.3. The van der Waals surface area contributed by atoms with Crippen molar-refractivity contribution in [3.63, 3.8) is 0 Å². The van der Waals surface area contributed by atoms with E-state index in [-0.39, 0.29) is 17.0 Å². The maximum absolute atomic E-state index is 4.89. The molecule has 2 nitrogen and oxygen atoms in total.